The van der Waals surface area contributed by atoms with Crippen molar-refractivity contribution in [1.82, 2.24) is 4.31 Å². The maximum Gasteiger partial charge on any atom is 0.243 e. The van der Waals surface area contributed by atoms with Gasteiger partial charge in [0.15, 0.2) is 0 Å². The number of nitrogens with zero attached hydrogens (tertiary/aromatic N) is 1. The SMILES string of the molecule is O=S(=O)(c1ccc(F)cc1)N1CC[NH+](Cc2ccc(Cl)cc2)CC1. The molecule has 2 aromatic rings. The van der Waals surface area contributed by atoms with E-state index in [4.69, 9.17) is 11.6 Å². The summed E-state index contributed by atoms with van der Waals surface area (Å²) in [5.41, 5.74) is 1.18. The van der Waals surface area contributed by atoms with Crippen LogP contribution in [0.4, 0.5) is 4.39 Å². The molecule has 0 radical (unpaired) electrons. The summed E-state index contributed by atoms with van der Waals surface area (Å²) in [6.07, 6.45) is 0. The van der Waals surface area contributed by atoms with Gasteiger partial charge in [-0.2, -0.15) is 4.31 Å². The molecule has 0 aromatic heterocycles. The Balaban J connectivity index is 1.62. The smallest absolute Gasteiger partial charge is 0.243 e. The fourth-order valence-electron chi connectivity index (χ4n) is 2.87. The van der Waals surface area contributed by atoms with E-state index in [2.05, 4.69) is 0 Å². The molecule has 1 heterocycles. The molecule has 1 fully saturated rings. The van der Waals surface area contributed by atoms with Crippen LogP contribution in [0.5, 0.6) is 0 Å². The molecule has 128 valence electrons. The Morgan fingerprint density at radius 1 is 1.00 bits per heavy atom. The number of rotatable bonds is 4. The molecule has 0 unspecified atom stereocenters. The van der Waals surface area contributed by atoms with Gasteiger partial charge in [0.1, 0.15) is 12.4 Å². The predicted molar refractivity (Wildman–Crippen MR) is 91.0 cm³/mol. The van der Waals surface area contributed by atoms with E-state index in [1.54, 1.807) is 0 Å². The lowest BCUT2D eigenvalue weighted by Crippen LogP contribution is -3.13. The zero-order chi connectivity index (χ0) is 17.2. The minimum atomic E-state index is -3.54. The minimum Gasteiger partial charge on any atom is -0.329 e. The Hall–Kier alpha value is -1.47. The van der Waals surface area contributed by atoms with Crippen LogP contribution in [-0.2, 0) is 16.6 Å². The molecule has 0 amide bonds. The number of benzene rings is 2. The van der Waals surface area contributed by atoms with Crippen molar-refractivity contribution in [3.63, 3.8) is 0 Å². The van der Waals surface area contributed by atoms with Gasteiger partial charge < -0.3 is 4.90 Å². The Morgan fingerprint density at radius 2 is 1.58 bits per heavy atom. The highest BCUT2D eigenvalue weighted by Crippen LogP contribution is 2.16. The second-order valence-corrected chi connectivity index (χ2v) is 8.29. The van der Waals surface area contributed by atoms with Crippen molar-refractivity contribution in [2.24, 2.45) is 0 Å². The van der Waals surface area contributed by atoms with Crippen molar-refractivity contribution >= 4 is 21.6 Å². The van der Waals surface area contributed by atoms with Crippen LogP contribution in [0.3, 0.4) is 0 Å². The molecule has 1 N–H and O–H groups in total. The molecule has 1 aliphatic rings. The van der Waals surface area contributed by atoms with Crippen molar-refractivity contribution in [2.45, 2.75) is 11.4 Å². The van der Waals surface area contributed by atoms with Gasteiger partial charge in [0.05, 0.1) is 31.1 Å². The minimum absolute atomic E-state index is 0.144. The first-order chi connectivity index (χ1) is 11.4. The fourth-order valence-corrected chi connectivity index (χ4v) is 4.43. The van der Waals surface area contributed by atoms with E-state index in [0.717, 1.165) is 19.6 Å². The van der Waals surface area contributed by atoms with Gasteiger partial charge in [-0.1, -0.05) is 23.7 Å². The molecule has 0 saturated carbocycles. The van der Waals surface area contributed by atoms with Crippen LogP contribution >= 0.6 is 11.6 Å². The third-order valence-corrected chi connectivity index (χ3v) is 6.41. The average molecular weight is 370 g/mol. The normalized spacial score (nSPS) is 17.1. The molecular weight excluding hydrogens is 351 g/mol. The third kappa shape index (κ3) is 3.95. The summed E-state index contributed by atoms with van der Waals surface area (Å²) >= 11 is 5.89. The number of sulfonamides is 1. The van der Waals surface area contributed by atoms with Crippen LogP contribution in [0.15, 0.2) is 53.4 Å². The first-order valence-corrected chi connectivity index (χ1v) is 9.61. The Bertz CT molecular complexity index is 786. The first kappa shape index (κ1) is 17.4. The number of nitrogens with one attached hydrogen (secondary N) is 1. The second kappa shape index (κ2) is 7.19. The van der Waals surface area contributed by atoms with Crippen LogP contribution in [-0.4, -0.2) is 38.9 Å². The molecule has 4 nitrogen and oxygen atoms in total. The van der Waals surface area contributed by atoms with Gasteiger partial charge in [-0.05, 0) is 36.4 Å². The number of hydrogen-bond acceptors (Lipinski definition) is 2. The first-order valence-electron chi connectivity index (χ1n) is 7.79. The van der Waals surface area contributed by atoms with Gasteiger partial charge in [-0.3, -0.25) is 0 Å². The highest BCUT2D eigenvalue weighted by molar-refractivity contribution is 7.89. The topological polar surface area (TPSA) is 41.8 Å². The Kier molecular flexibility index (Phi) is 5.20. The Morgan fingerprint density at radius 3 is 2.17 bits per heavy atom. The summed E-state index contributed by atoms with van der Waals surface area (Å²) in [7, 11) is -3.54. The van der Waals surface area contributed by atoms with Gasteiger partial charge in [0, 0.05) is 10.6 Å². The number of piperazine rings is 1. The summed E-state index contributed by atoms with van der Waals surface area (Å²) in [6.45, 7) is 3.25. The van der Waals surface area contributed by atoms with E-state index in [1.807, 2.05) is 24.3 Å². The van der Waals surface area contributed by atoms with Crippen LogP contribution in [0.1, 0.15) is 5.56 Å². The molecule has 0 bridgehead atoms. The lowest BCUT2D eigenvalue weighted by Gasteiger charge is -2.31. The van der Waals surface area contributed by atoms with E-state index >= 15 is 0 Å². The molecular formula is C17H19ClFN2O2S+. The molecule has 0 aliphatic carbocycles. The molecule has 2 aromatic carbocycles. The van der Waals surface area contributed by atoms with Crippen LogP contribution < -0.4 is 4.90 Å². The standard InChI is InChI=1S/C17H18ClFN2O2S/c18-15-3-1-14(2-4-15)13-20-9-11-21(12-10-20)24(22,23)17-7-5-16(19)6-8-17/h1-8H,9-13H2/p+1. The summed E-state index contributed by atoms with van der Waals surface area (Å²) in [5, 5.41) is 0.712. The fraction of sp³-hybridized carbons (Fsp3) is 0.294. The van der Waals surface area contributed by atoms with Crippen molar-refractivity contribution in [1.29, 1.82) is 0 Å². The largest absolute Gasteiger partial charge is 0.329 e. The number of halogens is 2. The molecule has 24 heavy (non-hydrogen) atoms. The van der Waals surface area contributed by atoms with E-state index in [9.17, 15) is 12.8 Å². The lowest BCUT2D eigenvalue weighted by atomic mass is 10.2. The maximum atomic E-state index is 13.0. The molecule has 0 spiro atoms. The third-order valence-electron chi connectivity index (χ3n) is 4.25. The van der Waals surface area contributed by atoms with E-state index in [0.29, 0.717) is 18.1 Å². The number of quaternary nitrogens is 1. The summed E-state index contributed by atoms with van der Waals surface area (Å²) in [4.78, 5) is 1.48. The van der Waals surface area contributed by atoms with E-state index in [1.165, 1.54) is 39.0 Å². The molecule has 1 aliphatic heterocycles. The highest BCUT2D eigenvalue weighted by Gasteiger charge is 2.30. The van der Waals surface area contributed by atoms with E-state index < -0.39 is 15.8 Å². The van der Waals surface area contributed by atoms with Gasteiger partial charge in [-0.25, -0.2) is 12.8 Å². The number of hydrogen-bond donors (Lipinski definition) is 1. The van der Waals surface area contributed by atoms with Crippen LogP contribution in [0.25, 0.3) is 0 Å². The zero-order valence-electron chi connectivity index (χ0n) is 13.1. The van der Waals surface area contributed by atoms with Crippen molar-refractivity contribution in [3.05, 3.63) is 64.9 Å². The summed E-state index contributed by atoms with van der Waals surface area (Å²) < 4.78 is 39.6. The van der Waals surface area contributed by atoms with Gasteiger partial charge in [0.25, 0.3) is 0 Å². The molecule has 0 atom stereocenters. The van der Waals surface area contributed by atoms with Crippen molar-refractivity contribution in [3.8, 4) is 0 Å². The highest BCUT2D eigenvalue weighted by atomic mass is 35.5. The lowest BCUT2D eigenvalue weighted by molar-refractivity contribution is -0.917. The zero-order valence-corrected chi connectivity index (χ0v) is 14.7. The predicted octanol–water partition coefficient (Wildman–Crippen LogP) is 1.57. The summed E-state index contributed by atoms with van der Waals surface area (Å²) in [6, 6.07) is 12.7. The summed E-state index contributed by atoms with van der Waals surface area (Å²) in [5.74, 6) is -0.439. The monoisotopic (exact) mass is 369 g/mol. The Labute approximate surface area is 146 Å². The average Bonchev–Trinajstić information content (AvgIpc) is 2.58. The van der Waals surface area contributed by atoms with Crippen molar-refractivity contribution < 1.29 is 17.7 Å². The van der Waals surface area contributed by atoms with Crippen molar-refractivity contribution in [2.75, 3.05) is 26.2 Å². The van der Waals surface area contributed by atoms with E-state index in [-0.39, 0.29) is 4.90 Å². The van der Waals surface area contributed by atoms with Crippen LogP contribution in [0, 0.1) is 5.82 Å². The quantitative estimate of drug-likeness (QED) is 0.888. The van der Waals surface area contributed by atoms with Crippen LogP contribution in [0.2, 0.25) is 5.02 Å². The van der Waals surface area contributed by atoms with Gasteiger partial charge in [0.2, 0.25) is 10.0 Å². The van der Waals surface area contributed by atoms with Gasteiger partial charge in [-0.15, -0.1) is 0 Å². The second-order valence-electron chi connectivity index (χ2n) is 5.91. The molecule has 1 saturated heterocycles. The maximum absolute atomic E-state index is 13.0. The van der Waals surface area contributed by atoms with Gasteiger partial charge >= 0.3 is 0 Å². The molecule has 7 heteroatoms. The molecule has 3 rings (SSSR count).